The van der Waals surface area contributed by atoms with Gasteiger partial charge in [0.2, 0.25) is 0 Å². The van der Waals surface area contributed by atoms with Crippen LogP contribution in [0.25, 0.3) is 11.4 Å². The first-order valence-electron chi connectivity index (χ1n) is 11.2. The number of hydrogen-bond acceptors (Lipinski definition) is 7. The average molecular weight is 478 g/mol. The fourth-order valence-electron chi connectivity index (χ4n) is 4.47. The van der Waals surface area contributed by atoms with Gasteiger partial charge in [0.25, 0.3) is 17.4 Å². The van der Waals surface area contributed by atoms with Crippen LogP contribution in [0.3, 0.4) is 0 Å². The third-order valence-corrected chi connectivity index (χ3v) is 6.27. The van der Waals surface area contributed by atoms with Gasteiger partial charge >= 0.3 is 0 Å². The number of hydrogen-bond donors (Lipinski definition) is 1. The summed E-state index contributed by atoms with van der Waals surface area (Å²) in [5.74, 6) is -1.88. The number of nitro benzene ring substituents is 1. The largest absolute Gasteiger partial charge is 0.505 e. The summed E-state index contributed by atoms with van der Waals surface area (Å²) in [5.41, 5.74) is 2.70. The summed E-state index contributed by atoms with van der Waals surface area (Å²) in [6.45, 7) is 4.65. The molecule has 182 valence electrons. The molecule has 10 nitrogen and oxygen atoms in total. The number of amides is 1. The van der Waals surface area contributed by atoms with E-state index in [9.17, 15) is 24.8 Å². The third kappa shape index (κ3) is 4.28. The van der Waals surface area contributed by atoms with E-state index in [2.05, 4.69) is 4.98 Å². The summed E-state index contributed by atoms with van der Waals surface area (Å²) in [6.07, 6.45) is 2.42. The normalized spacial score (nSPS) is 17.6. The highest BCUT2D eigenvalue weighted by Gasteiger charge is 2.46. The monoisotopic (exact) mass is 477 g/mol. The predicted molar refractivity (Wildman–Crippen MR) is 130 cm³/mol. The first-order chi connectivity index (χ1) is 16.6. The minimum absolute atomic E-state index is 0.0714. The van der Waals surface area contributed by atoms with Gasteiger partial charge < -0.3 is 19.3 Å². The molecule has 1 fully saturated rings. The summed E-state index contributed by atoms with van der Waals surface area (Å²) < 4.78 is 1.82. The van der Waals surface area contributed by atoms with E-state index in [1.54, 1.807) is 6.92 Å². The zero-order valence-electron chi connectivity index (χ0n) is 20.1. The molecule has 1 saturated heterocycles. The number of carbonyl (C=O) groups is 2. The lowest BCUT2D eigenvalue weighted by atomic mass is 9.96. The van der Waals surface area contributed by atoms with E-state index in [-0.39, 0.29) is 29.3 Å². The molecular weight excluding hydrogens is 450 g/mol. The molecule has 1 aliphatic rings. The summed E-state index contributed by atoms with van der Waals surface area (Å²) in [5, 5.41) is 22.5. The number of nitrogens with zero attached hydrogens (tertiary/aromatic N) is 5. The van der Waals surface area contributed by atoms with Crippen LogP contribution in [0.15, 0.2) is 48.2 Å². The maximum Gasteiger partial charge on any atom is 0.295 e. The zero-order valence-corrected chi connectivity index (χ0v) is 20.1. The van der Waals surface area contributed by atoms with Gasteiger partial charge in [0.15, 0.2) is 5.76 Å². The highest BCUT2D eigenvalue weighted by molar-refractivity contribution is 6.46. The van der Waals surface area contributed by atoms with Gasteiger partial charge in [0, 0.05) is 24.9 Å². The molecule has 1 N–H and O–H groups in total. The van der Waals surface area contributed by atoms with Crippen molar-refractivity contribution >= 4 is 28.8 Å². The summed E-state index contributed by atoms with van der Waals surface area (Å²) in [6, 6.07) is 8.56. The number of rotatable bonds is 7. The molecule has 0 saturated carbocycles. The Labute approximate surface area is 202 Å². The fraction of sp³-hybridized carbons (Fsp3) is 0.320. The van der Waals surface area contributed by atoms with E-state index in [1.165, 1.54) is 29.2 Å². The Balaban J connectivity index is 1.87. The molecule has 35 heavy (non-hydrogen) atoms. The van der Waals surface area contributed by atoms with E-state index in [0.29, 0.717) is 29.9 Å². The van der Waals surface area contributed by atoms with Crippen LogP contribution >= 0.6 is 0 Å². The Kier molecular flexibility index (Phi) is 6.40. The average Bonchev–Trinajstić information content (AvgIpc) is 3.29. The van der Waals surface area contributed by atoms with Gasteiger partial charge in [-0.05, 0) is 70.2 Å². The number of nitro groups is 1. The van der Waals surface area contributed by atoms with Gasteiger partial charge in [0.1, 0.15) is 11.3 Å². The van der Waals surface area contributed by atoms with Crippen molar-refractivity contribution in [3.05, 3.63) is 80.8 Å². The summed E-state index contributed by atoms with van der Waals surface area (Å²) in [4.78, 5) is 44.9. The number of likely N-dealkylation sites (tertiary alicyclic amines) is 1. The van der Waals surface area contributed by atoms with Crippen molar-refractivity contribution in [3.63, 3.8) is 0 Å². The van der Waals surface area contributed by atoms with Crippen LogP contribution in [0, 0.1) is 24.0 Å². The lowest BCUT2D eigenvalue weighted by molar-refractivity contribution is -0.384. The van der Waals surface area contributed by atoms with Gasteiger partial charge in [-0.1, -0.05) is 6.07 Å². The van der Waals surface area contributed by atoms with Crippen LogP contribution in [0.5, 0.6) is 0 Å². The van der Waals surface area contributed by atoms with Gasteiger partial charge in [-0.3, -0.25) is 19.7 Å². The molecule has 0 bridgehead atoms. The van der Waals surface area contributed by atoms with Crippen molar-refractivity contribution < 1.29 is 19.6 Å². The Hall–Kier alpha value is -4.05. The first kappa shape index (κ1) is 24.1. The molecular formula is C25H27N5O5. The Morgan fingerprint density at radius 3 is 2.46 bits per heavy atom. The van der Waals surface area contributed by atoms with E-state index in [0.717, 1.165) is 5.56 Å². The SMILES string of the molecule is Cc1cccn2c(C)c(C(O)=C3C(=O)C(=O)N(CCCN(C)C)C3c3ccc([N+](=O)[O-])cc3)nc12. The second kappa shape index (κ2) is 9.30. The maximum atomic E-state index is 13.2. The quantitative estimate of drug-likeness (QED) is 0.182. The molecule has 1 atom stereocenters. The second-order valence-corrected chi connectivity index (χ2v) is 8.93. The van der Waals surface area contributed by atoms with Gasteiger partial charge in [-0.15, -0.1) is 0 Å². The number of ketones is 1. The van der Waals surface area contributed by atoms with Crippen molar-refractivity contribution in [2.75, 3.05) is 27.2 Å². The van der Waals surface area contributed by atoms with E-state index in [1.807, 2.05) is 48.6 Å². The number of aliphatic hydroxyl groups is 1. The fourth-order valence-corrected chi connectivity index (χ4v) is 4.47. The van der Waals surface area contributed by atoms with Crippen LogP contribution in [-0.4, -0.2) is 68.1 Å². The van der Waals surface area contributed by atoms with Crippen LogP contribution < -0.4 is 0 Å². The molecule has 1 unspecified atom stereocenters. The van der Waals surface area contributed by atoms with Crippen LogP contribution in [0.1, 0.15) is 35.0 Å². The number of aryl methyl sites for hydroxylation is 2. The molecule has 3 heterocycles. The number of carbonyl (C=O) groups excluding carboxylic acids is 2. The van der Waals surface area contributed by atoms with E-state index in [4.69, 9.17) is 0 Å². The molecule has 0 spiro atoms. The minimum Gasteiger partial charge on any atom is -0.505 e. The molecule has 0 radical (unpaired) electrons. The number of pyridine rings is 1. The van der Waals surface area contributed by atoms with Crippen molar-refractivity contribution in [1.82, 2.24) is 19.2 Å². The van der Waals surface area contributed by atoms with E-state index >= 15 is 0 Å². The van der Waals surface area contributed by atoms with Gasteiger partial charge in [0.05, 0.1) is 22.2 Å². The second-order valence-electron chi connectivity index (χ2n) is 8.93. The minimum atomic E-state index is -0.886. The van der Waals surface area contributed by atoms with Crippen molar-refractivity contribution in [3.8, 4) is 0 Å². The highest BCUT2D eigenvalue weighted by Crippen LogP contribution is 2.40. The number of Topliss-reactive ketones (excluding diaryl/α,β-unsaturated/α-hetero) is 1. The van der Waals surface area contributed by atoms with Gasteiger partial charge in [-0.2, -0.15) is 0 Å². The number of fused-ring (bicyclic) bond motifs is 1. The molecule has 1 aliphatic heterocycles. The lowest BCUT2D eigenvalue weighted by Gasteiger charge is -2.25. The number of benzene rings is 1. The molecule has 0 aliphatic carbocycles. The van der Waals surface area contributed by atoms with E-state index < -0.39 is 22.7 Å². The Bertz CT molecular complexity index is 1360. The Morgan fingerprint density at radius 2 is 1.86 bits per heavy atom. The molecule has 1 aromatic carbocycles. The molecule has 3 aromatic rings. The van der Waals surface area contributed by atoms with Crippen LogP contribution in [0.2, 0.25) is 0 Å². The molecule has 4 rings (SSSR count). The molecule has 2 aromatic heterocycles. The first-order valence-corrected chi connectivity index (χ1v) is 11.2. The number of aliphatic hydroxyl groups excluding tert-OH is 1. The molecule has 10 heteroatoms. The lowest BCUT2D eigenvalue weighted by Crippen LogP contribution is -2.32. The number of aromatic nitrogens is 2. The topological polar surface area (TPSA) is 121 Å². The van der Waals surface area contributed by atoms with Crippen molar-refractivity contribution in [2.45, 2.75) is 26.3 Å². The van der Waals surface area contributed by atoms with Gasteiger partial charge in [-0.25, -0.2) is 4.98 Å². The van der Waals surface area contributed by atoms with Crippen LogP contribution in [0.4, 0.5) is 5.69 Å². The highest BCUT2D eigenvalue weighted by atomic mass is 16.6. The predicted octanol–water partition coefficient (Wildman–Crippen LogP) is 3.23. The maximum absolute atomic E-state index is 13.2. The summed E-state index contributed by atoms with van der Waals surface area (Å²) in [7, 11) is 3.83. The van der Waals surface area contributed by atoms with Crippen molar-refractivity contribution in [2.24, 2.45) is 0 Å². The zero-order chi connectivity index (χ0) is 25.4. The van der Waals surface area contributed by atoms with Crippen LogP contribution in [-0.2, 0) is 9.59 Å². The van der Waals surface area contributed by atoms with Crippen molar-refractivity contribution in [1.29, 1.82) is 0 Å². The third-order valence-electron chi connectivity index (χ3n) is 6.27. The number of non-ortho nitro benzene ring substituents is 1. The summed E-state index contributed by atoms with van der Waals surface area (Å²) >= 11 is 0. The smallest absolute Gasteiger partial charge is 0.295 e. The molecule has 1 amide bonds. The Morgan fingerprint density at radius 1 is 1.17 bits per heavy atom. The standard InChI is InChI=1S/C25H27N5O5/c1-15-7-5-13-28-16(2)20(26-24(15)28)22(31)19-21(17-8-10-18(11-9-17)30(34)35)29(25(33)23(19)32)14-6-12-27(3)4/h5,7-11,13,21,31H,6,12,14H2,1-4H3. The number of imidazole rings is 1.